The molecule has 0 amide bonds. The third-order valence-electron chi connectivity index (χ3n) is 3.36. The van der Waals surface area contributed by atoms with E-state index < -0.39 is 8.77 Å². The van der Waals surface area contributed by atoms with Crippen LogP contribution in [0.25, 0.3) is 0 Å². The summed E-state index contributed by atoms with van der Waals surface area (Å²) in [5, 5.41) is 0. The van der Waals surface area contributed by atoms with Crippen molar-refractivity contribution in [3.63, 3.8) is 0 Å². The van der Waals surface area contributed by atoms with Gasteiger partial charge in [0.15, 0.2) is 0 Å². The summed E-state index contributed by atoms with van der Waals surface area (Å²) >= 11 is 4.52. The van der Waals surface area contributed by atoms with Crippen LogP contribution in [-0.2, 0) is 32.8 Å². The second-order valence-electron chi connectivity index (χ2n) is 4.88. The average molecular weight is 305 g/mol. The highest BCUT2D eigenvalue weighted by Crippen LogP contribution is 2.18. The Morgan fingerprint density at radius 3 is 2.45 bits per heavy atom. The highest BCUT2D eigenvalue weighted by molar-refractivity contribution is 8.29. The summed E-state index contributed by atoms with van der Waals surface area (Å²) in [7, 11) is -3.54. The van der Waals surface area contributed by atoms with E-state index in [1.807, 2.05) is 31.2 Å². The van der Waals surface area contributed by atoms with Crippen molar-refractivity contribution in [3.05, 3.63) is 65.2 Å². The molecule has 20 heavy (non-hydrogen) atoms. The lowest BCUT2D eigenvalue weighted by Gasteiger charge is -2.14. The Kier molecular flexibility index (Phi) is 4.91. The molecule has 0 aliphatic rings. The molecule has 0 saturated heterocycles. The zero-order valence-corrected chi connectivity index (χ0v) is 13.0. The Balaban J connectivity index is 2.06. The SMILES string of the molecule is Cc1ccc(S(=O)([O-])=S)cc1CCCc1ccccc1. The lowest BCUT2D eigenvalue weighted by Crippen LogP contribution is -2.00. The molecule has 0 aliphatic carbocycles. The molecule has 0 bridgehead atoms. The molecule has 0 aromatic heterocycles. The number of aryl methyl sites for hydroxylation is 3. The molecule has 2 aromatic rings. The maximum atomic E-state index is 11.4. The van der Waals surface area contributed by atoms with E-state index in [2.05, 4.69) is 23.3 Å². The number of rotatable bonds is 5. The van der Waals surface area contributed by atoms with Crippen LogP contribution in [0.1, 0.15) is 23.1 Å². The average Bonchev–Trinajstić information content (AvgIpc) is 2.41. The molecule has 106 valence electrons. The van der Waals surface area contributed by atoms with Gasteiger partial charge in [0.2, 0.25) is 0 Å². The third kappa shape index (κ3) is 4.13. The molecular weight excluding hydrogens is 288 g/mol. The number of hydrogen-bond acceptors (Lipinski definition) is 3. The zero-order valence-electron chi connectivity index (χ0n) is 11.4. The van der Waals surface area contributed by atoms with Crippen LogP contribution in [0.4, 0.5) is 0 Å². The van der Waals surface area contributed by atoms with Gasteiger partial charge in [-0.25, -0.2) is 0 Å². The van der Waals surface area contributed by atoms with Crippen LogP contribution >= 0.6 is 0 Å². The third-order valence-corrected chi connectivity index (χ3v) is 4.77. The first-order valence-electron chi connectivity index (χ1n) is 6.56. The van der Waals surface area contributed by atoms with E-state index in [9.17, 15) is 8.76 Å². The predicted molar refractivity (Wildman–Crippen MR) is 84.2 cm³/mol. The van der Waals surface area contributed by atoms with Crippen molar-refractivity contribution in [2.75, 3.05) is 0 Å². The molecule has 2 rings (SSSR count). The molecule has 0 fully saturated rings. The first-order valence-corrected chi connectivity index (χ1v) is 8.97. The van der Waals surface area contributed by atoms with Gasteiger partial charge < -0.3 is 4.55 Å². The Morgan fingerprint density at radius 2 is 1.80 bits per heavy atom. The number of hydrogen-bond donors (Lipinski definition) is 0. The van der Waals surface area contributed by atoms with Crippen molar-refractivity contribution < 1.29 is 8.76 Å². The van der Waals surface area contributed by atoms with Crippen LogP contribution in [0.3, 0.4) is 0 Å². The van der Waals surface area contributed by atoms with Crippen LogP contribution in [0.15, 0.2) is 53.4 Å². The van der Waals surface area contributed by atoms with Crippen molar-refractivity contribution in [1.82, 2.24) is 0 Å². The minimum atomic E-state index is -3.54. The van der Waals surface area contributed by atoms with Gasteiger partial charge in [-0.15, -0.1) is 0 Å². The van der Waals surface area contributed by atoms with Gasteiger partial charge in [-0.05, 0) is 75.0 Å². The topological polar surface area (TPSA) is 40.1 Å². The standard InChI is InChI=1S/C16H18O2S2/c1-13-10-11-16(20(17,18)19)12-15(13)9-5-8-14-6-3-2-4-7-14/h2-4,6-7,10-12H,5,8-9H2,1H3,(H,17,18,19)/p-1. The smallest absolute Gasteiger partial charge is 0.0284 e. The van der Waals surface area contributed by atoms with Crippen molar-refractivity contribution in [1.29, 1.82) is 0 Å². The second-order valence-corrected chi connectivity index (χ2v) is 7.58. The van der Waals surface area contributed by atoms with Crippen LogP contribution in [0.5, 0.6) is 0 Å². The Morgan fingerprint density at radius 1 is 1.10 bits per heavy atom. The van der Waals surface area contributed by atoms with Crippen molar-refractivity contribution in [3.8, 4) is 0 Å². The molecule has 0 radical (unpaired) electrons. The van der Waals surface area contributed by atoms with E-state index in [1.54, 1.807) is 12.1 Å². The van der Waals surface area contributed by atoms with Gasteiger partial charge in [0.05, 0.1) is 0 Å². The lowest BCUT2D eigenvalue weighted by molar-refractivity contribution is 0.534. The first kappa shape index (κ1) is 15.2. The fraction of sp³-hybridized carbons (Fsp3) is 0.250. The molecular formula is C16H17O2S2-. The molecule has 2 nitrogen and oxygen atoms in total. The van der Waals surface area contributed by atoms with Gasteiger partial charge in [0, 0.05) is 4.90 Å². The van der Waals surface area contributed by atoms with Crippen molar-refractivity contribution >= 4 is 20.0 Å². The van der Waals surface area contributed by atoms with E-state index in [0.29, 0.717) is 0 Å². The van der Waals surface area contributed by atoms with E-state index in [1.165, 1.54) is 5.56 Å². The Hall–Kier alpha value is -1.23. The summed E-state index contributed by atoms with van der Waals surface area (Å²) in [5.74, 6) is 0. The molecule has 2 aromatic carbocycles. The van der Waals surface area contributed by atoms with Crippen LogP contribution in [0.2, 0.25) is 0 Å². The molecule has 4 heteroatoms. The summed E-state index contributed by atoms with van der Waals surface area (Å²) in [6.45, 7) is 2.00. The van der Waals surface area contributed by atoms with Gasteiger partial charge in [-0.2, -0.15) is 0 Å². The molecule has 0 aliphatic heterocycles. The van der Waals surface area contributed by atoms with Gasteiger partial charge >= 0.3 is 0 Å². The van der Waals surface area contributed by atoms with Crippen LogP contribution in [0, 0.1) is 6.92 Å². The van der Waals surface area contributed by atoms with E-state index in [4.69, 9.17) is 0 Å². The summed E-state index contributed by atoms with van der Waals surface area (Å²) in [6.07, 6.45) is 2.84. The summed E-state index contributed by atoms with van der Waals surface area (Å²) in [5.41, 5.74) is 3.48. The monoisotopic (exact) mass is 305 g/mol. The maximum absolute atomic E-state index is 11.4. The van der Waals surface area contributed by atoms with Gasteiger partial charge in [-0.1, -0.05) is 36.4 Å². The maximum Gasteiger partial charge on any atom is 0.0284 e. The summed E-state index contributed by atoms with van der Waals surface area (Å²) in [6, 6.07) is 15.4. The summed E-state index contributed by atoms with van der Waals surface area (Å²) in [4.78, 5) is 0.229. The molecule has 1 atom stereocenters. The van der Waals surface area contributed by atoms with Gasteiger partial charge in [-0.3, -0.25) is 4.21 Å². The summed E-state index contributed by atoms with van der Waals surface area (Å²) < 4.78 is 22.8. The highest BCUT2D eigenvalue weighted by atomic mass is 32.8. The van der Waals surface area contributed by atoms with Crippen LogP contribution < -0.4 is 0 Å². The Labute approximate surface area is 125 Å². The van der Waals surface area contributed by atoms with Crippen molar-refractivity contribution in [2.24, 2.45) is 0 Å². The minimum Gasteiger partial charge on any atom is -0.766 e. The zero-order chi connectivity index (χ0) is 14.6. The highest BCUT2D eigenvalue weighted by Gasteiger charge is 2.04. The molecule has 0 saturated carbocycles. The van der Waals surface area contributed by atoms with Crippen LogP contribution in [-0.4, -0.2) is 8.76 Å². The second kappa shape index (κ2) is 6.48. The molecule has 0 spiro atoms. The first-order chi connectivity index (χ1) is 9.47. The molecule has 0 heterocycles. The lowest BCUT2D eigenvalue weighted by atomic mass is 10.0. The quantitative estimate of drug-likeness (QED) is 0.850. The normalized spacial score (nSPS) is 13.9. The number of benzene rings is 2. The Bertz CT molecular complexity index is 677. The fourth-order valence-electron chi connectivity index (χ4n) is 2.20. The van der Waals surface area contributed by atoms with Crippen molar-refractivity contribution in [2.45, 2.75) is 31.1 Å². The van der Waals surface area contributed by atoms with Gasteiger partial charge in [0.1, 0.15) is 0 Å². The fourth-order valence-corrected chi connectivity index (χ4v) is 3.03. The van der Waals surface area contributed by atoms with E-state index >= 15 is 0 Å². The van der Waals surface area contributed by atoms with E-state index in [-0.39, 0.29) is 4.90 Å². The predicted octanol–water partition coefficient (Wildman–Crippen LogP) is 3.41. The molecule has 0 N–H and O–H groups in total. The van der Waals surface area contributed by atoms with E-state index in [0.717, 1.165) is 30.4 Å². The largest absolute Gasteiger partial charge is 0.766 e. The minimum absolute atomic E-state index is 0.229. The van der Waals surface area contributed by atoms with Gasteiger partial charge in [0.25, 0.3) is 0 Å². The molecule has 1 unspecified atom stereocenters.